The third-order valence-electron chi connectivity index (χ3n) is 4.22. The first kappa shape index (κ1) is 23.4. The van der Waals surface area contributed by atoms with Gasteiger partial charge in [0.1, 0.15) is 12.1 Å². The molecule has 1 fully saturated rings. The highest BCUT2D eigenvalue weighted by Gasteiger charge is 2.50. The number of urea groups is 2. The Kier molecular flexibility index (Phi) is 8.39. The number of esters is 1. The van der Waals surface area contributed by atoms with Crippen LogP contribution in [0.25, 0.3) is 0 Å². The molecule has 0 radical (unpaired) electrons. The number of amides is 6. The lowest BCUT2D eigenvalue weighted by molar-refractivity contribution is -0.156. The van der Waals surface area contributed by atoms with Crippen molar-refractivity contribution in [1.29, 1.82) is 0 Å². The Morgan fingerprint density at radius 3 is 2.18 bits per heavy atom. The maximum Gasteiger partial charge on any atom is 0.327 e. The van der Waals surface area contributed by atoms with Gasteiger partial charge in [-0.1, -0.05) is 26.7 Å². The van der Waals surface area contributed by atoms with Gasteiger partial charge in [0.05, 0.1) is 0 Å². The van der Waals surface area contributed by atoms with Crippen LogP contribution in [-0.2, 0) is 19.1 Å². The minimum Gasteiger partial charge on any atom is -0.451 e. The van der Waals surface area contributed by atoms with E-state index in [0.29, 0.717) is 25.7 Å². The fourth-order valence-corrected chi connectivity index (χ4v) is 3.07. The van der Waals surface area contributed by atoms with Crippen LogP contribution in [0.2, 0.25) is 0 Å². The lowest BCUT2D eigenvalue weighted by Crippen LogP contribution is -2.48. The van der Waals surface area contributed by atoms with E-state index in [1.807, 2.05) is 19.2 Å². The van der Waals surface area contributed by atoms with Crippen LogP contribution in [0.3, 0.4) is 0 Å². The van der Waals surface area contributed by atoms with Crippen LogP contribution in [0.5, 0.6) is 0 Å². The summed E-state index contributed by atoms with van der Waals surface area (Å²) in [6, 6.07) is -1.53. The maximum absolute atomic E-state index is 12.7. The number of rotatable bonds is 9. The topological polar surface area (TPSA) is 134 Å². The lowest BCUT2D eigenvalue weighted by atomic mass is 9.88. The molecule has 6 amide bonds. The molecule has 10 nitrogen and oxygen atoms in total. The zero-order valence-corrected chi connectivity index (χ0v) is 17.1. The Labute approximate surface area is 164 Å². The molecule has 3 N–H and O–H groups in total. The monoisotopic (exact) mass is 398 g/mol. The smallest absolute Gasteiger partial charge is 0.327 e. The highest BCUT2D eigenvalue weighted by Crippen LogP contribution is 2.27. The predicted molar refractivity (Wildman–Crippen MR) is 100 cm³/mol. The van der Waals surface area contributed by atoms with Crippen LogP contribution in [0, 0.1) is 0 Å². The van der Waals surface area contributed by atoms with Crippen LogP contribution < -0.4 is 16.0 Å². The second kappa shape index (κ2) is 10.0. The SMILES string of the molecule is CCCC1(CCC)NC(=O)N(CC(=O)O[C@H](C)C(=O)NC(=O)NC(C)C)C1=O. The van der Waals surface area contributed by atoms with Gasteiger partial charge in [-0.15, -0.1) is 0 Å². The van der Waals surface area contributed by atoms with Crippen LogP contribution in [0.15, 0.2) is 0 Å². The summed E-state index contributed by atoms with van der Waals surface area (Å²) in [6.07, 6.45) is 1.07. The number of hydrogen-bond acceptors (Lipinski definition) is 6. The van der Waals surface area contributed by atoms with Crippen molar-refractivity contribution in [2.45, 2.75) is 78.0 Å². The van der Waals surface area contributed by atoms with Crippen molar-refractivity contribution in [2.75, 3.05) is 6.54 Å². The average Bonchev–Trinajstić information content (AvgIpc) is 2.79. The van der Waals surface area contributed by atoms with Gasteiger partial charge in [-0.05, 0) is 33.6 Å². The van der Waals surface area contributed by atoms with E-state index in [0.717, 1.165) is 4.90 Å². The Morgan fingerprint density at radius 2 is 1.68 bits per heavy atom. The largest absolute Gasteiger partial charge is 0.451 e. The number of carbonyl (C=O) groups excluding carboxylic acids is 5. The molecule has 1 saturated heterocycles. The molecule has 10 heteroatoms. The molecule has 1 atom stereocenters. The summed E-state index contributed by atoms with van der Waals surface area (Å²) in [6.45, 7) is 7.95. The highest BCUT2D eigenvalue weighted by molar-refractivity contribution is 6.08. The van der Waals surface area contributed by atoms with E-state index in [1.165, 1.54) is 6.92 Å². The summed E-state index contributed by atoms with van der Waals surface area (Å²) >= 11 is 0. The minimum atomic E-state index is -1.26. The molecule has 0 aromatic rings. The highest BCUT2D eigenvalue weighted by atomic mass is 16.5. The van der Waals surface area contributed by atoms with Crippen molar-refractivity contribution < 1.29 is 28.7 Å². The molecule has 1 aliphatic heterocycles. The third kappa shape index (κ3) is 5.93. The van der Waals surface area contributed by atoms with Crippen molar-refractivity contribution >= 4 is 29.8 Å². The third-order valence-corrected chi connectivity index (χ3v) is 4.22. The Balaban J connectivity index is 2.67. The van der Waals surface area contributed by atoms with Gasteiger partial charge in [0.25, 0.3) is 11.8 Å². The number of nitrogens with one attached hydrogen (secondary N) is 3. The fraction of sp³-hybridized carbons (Fsp3) is 0.722. The molecule has 1 rings (SSSR count). The summed E-state index contributed by atoms with van der Waals surface area (Å²) < 4.78 is 4.96. The normalized spacial score (nSPS) is 16.6. The molecule has 0 aromatic carbocycles. The summed E-state index contributed by atoms with van der Waals surface area (Å²) in [7, 11) is 0. The first-order chi connectivity index (χ1) is 13.1. The standard InChI is InChI=1S/C18H30N4O6/c1-6-8-18(9-7-2)15(25)22(17(27)21-18)10-13(23)28-12(5)14(24)20-16(26)19-11(3)4/h11-12H,6-10H2,1-5H3,(H,21,27)(H2,19,20,24,26)/t12-/m1/s1. The molecular formula is C18H30N4O6. The molecule has 158 valence electrons. The molecule has 1 heterocycles. The molecular weight excluding hydrogens is 368 g/mol. The molecule has 0 bridgehead atoms. The van der Waals surface area contributed by atoms with E-state index >= 15 is 0 Å². The quantitative estimate of drug-likeness (QED) is 0.392. The van der Waals surface area contributed by atoms with Gasteiger partial charge in [-0.2, -0.15) is 0 Å². The number of imide groups is 2. The number of hydrogen-bond donors (Lipinski definition) is 3. The van der Waals surface area contributed by atoms with Gasteiger partial charge in [-0.3, -0.25) is 24.6 Å². The zero-order valence-electron chi connectivity index (χ0n) is 17.1. The first-order valence-electron chi connectivity index (χ1n) is 9.51. The lowest BCUT2D eigenvalue weighted by Gasteiger charge is -2.25. The molecule has 0 spiro atoms. The van der Waals surface area contributed by atoms with Gasteiger partial charge in [0, 0.05) is 6.04 Å². The van der Waals surface area contributed by atoms with Crippen molar-refractivity contribution in [3.05, 3.63) is 0 Å². The van der Waals surface area contributed by atoms with Gasteiger partial charge in [-0.25, -0.2) is 9.59 Å². The van der Waals surface area contributed by atoms with Crippen molar-refractivity contribution in [1.82, 2.24) is 20.9 Å². The molecule has 1 aliphatic rings. The summed E-state index contributed by atoms with van der Waals surface area (Å²) in [5, 5.41) is 7.21. The molecule has 0 aromatic heterocycles. The second-order valence-corrected chi connectivity index (χ2v) is 7.15. The Bertz CT molecular complexity index is 628. The van der Waals surface area contributed by atoms with Gasteiger partial charge in [0.15, 0.2) is 6.10 Å². The van der Waals surface area contributed by atoms with E-state index in [9.17, 15) is 24.0 Å². The van der Waals surface area contributed by atoms with E-state index in [4.69, 9.17) is 4.74 Å². The first-order valence-corrected chi connectivity index (χ1v) is 9.51. The Hall–Kier alpha value is -2.65. The van der Waals surface area contributed by atoms with Crippen LogP contribution in [-0.4, -0.2) is 59.0 Å². The fourth-order valence-electron chi connectivity index (χ4n) is 3.07. The summed E-state index contributed by atoms with van der Waals surface area (Å²) in [5.41, 5.74) is -1.00. The molecule has 0 aliphatic carbocycles. The predicted octanol–water partition coefficient (Wildman–Crippen LogP) is 1.04. The molecule has 28 heavy (non-hydrogen) atoms. The van der Waals surface area contributed by atoms with E-state index < -0.39 is 48.0 Å². The second-order valence-electron chi connectivity index (χ2n) is 7.15. The van der Waals surface area contributed by atoms with Crippen molar-refractivity contribution in [2.24, 2.45) is 0 Å². The van der Waals surface area contributed by atoms with E-state index in [-0.39, 0.29) is 6.04 Å². The van der Waals surface area contributed by atoms with Crippen LogP contribution in [0.4, 0.5) is 9.59 Å². The minimum absolute atomic E-state index is 0.170. The average molecular weight is 398 g/mol. The van der Waals surface area contributed by atoms with Crippen molar-refractivity contribution in [3.63, 3.8) is 0 Å². The van der Waals surface area contributed by atoms with E-state index in [2.05, 4.69) is 10.6 Å². The number of ether oxygens (including phenoxy) is 1. The Morgan fingerprint density at radius 1 is 1.11 bits per heavy atom. The van der Waals surface area contributed by atoms with E-state index in [1.54, 1.807) is 13.8 Å². The van der Waals surface area contributed by atoms with Gasteiger partial charge >= 0.3 is 18.0 Å². The maximum atomic E-state index is 12.7. The summed E-state index contributed by atoms with van der Waals surface area (Å²) in [4.78, 5) is 61.3. The summed E-state index contributed by atoms with van der Waals surface area (Å²) in [5.74, 6) is -2.19. The number of carbonyl (C=O) groups is 5. The van der Waals surface area contributed by atoms with Crippen LogP contribution >= 0.6 is 0 Å². The van der Waals surface area contributed by atoms with Gasteiger partial charge < -0.3 is 15.4 Å². The van der Waals surface area contributed by atoms with Crippen LogP contribution in [0.1, 0.15) is 60.3 Å². The van der Waals surface area contributed by atoms with Crippen molar-refractivity contribution in [3.8, 4) is 0 Å². The number of nitrogens with zero attached hydrogens (tertiary/aromatic N) is 1. The zero-order chi connectivity index (χ0) is 21.5. The molecule has 0 unspecified atom stereocenters. The molecule has 0 saturated carbocycles. The van der Waals surface area contributed by atoms with Gasteiger partial charge in [0.2, 0.25) is 0 Å².